The fourth-order valence-corrected chi connectivity index (χ4v) is 3.05. The fraction of sp³-hybridized carbons (Fsp3) is 0.474. The van der Waals surface area contributed by atoms with Crippen LogP contribution in [0.3, 0.4) is 0 Å². The average molecular weight is 368 g/mol. The molecule has 1 saturated heterocycles. The van der Waals surface area contributed by atoms with Crippen LogP contribution in [0.25, 0.3) is 0 Å². The first-order valence-electron chi connectivity index (χ1n) is 9.34. The van der Waals surface area contributed by atoms with E-state index in [9.17, 15) is 0 Å². The van der Waals surface area contributed by atoms with E-state index in [1.807, 2.05) is 42.9 Å². The molecule has 0 radical (unpaired) electrons. The van der Waals surface area contributed by atoms with Gasteiger partial charge in [0.05, 0.1) is 0 Å². The molecular weight excluding hydrogens is 340 g/mol. The zero-order chi connectivity index (χ0) is 19.1. The van der Waals surface area contributed by atoms with Crippen molar-refractivity contribution in [3.8, 4) is 0 Å². The minimum atomic E-state index is 0.377. The number of guanidine groups is 1. The molecule has 8 nitrogen and oxygen atoms in total. The monoisotopic (exact) mass is 368 g/mol. The van der Waals surface area contributed by atoms with Gasteiger partial charge in [0.2, 0.25) is 0 Å². The summed E-state index contributed by atoms with van der Waals surface area (Å²) in [5, 5.41) is 15.1. The number of nitrogens with zero attached hydrogens (tertiary/aromatic N) is 6. The highest BCUT2D eigenvalue weighted by molar-refractivity contribution is 5.80. The molecule has 3 rings (SSSR count). The molecule has 2 N–H and O–H groups in total. The summed E-state index contributed by atoms with van der Waals surface area (Å²) in [6.45, 7) is 8.81. The summed E-state index contributed by atoms with van der Waals surface area (Å²) in [7, 11) is 1.96. The molecule has 0 unspecified atom stereocenters. The van der Waals surface area contributed by atoms with Crippen LogP contribution in [0.5, 0.6) is 0 Å². The van der Waals surface area contributed by atoms with Crippen LogP contribution in [0.15, 0.2) is 42.0 Å². The highest BCUT2D eigenvalue weighted by atomic mass is 15.3. The van der Waals surface area contributed by atoms with Gasteiger partial charge < -0.3 is 20.1 Å². The summed E-state index contributed by atoms with van der Waals surface area (Å²) in [6.07, 6.45) is 5.74. The first-order valence-corrected chi connectivity index (χ1v) is 9.34. The molecular formula is C19H28N8. The molecule has 2 aromatic heterocycles. The van der Waals surface area contributed by atoms with E-state index in [-0.39, 0.29) is 0 Å². The molecule has 0 aromatic carbocycles. The number of nitrogens with one attached hydrogen (secondary N) is 2. The number of pyridine rings is 1. The molecule has 2 aromatic rings. The van der Waals surface area contributed by atoms with Gasteiger partial charge in [-0.05, 0) is 31.9 Å². The van der Waals surface area contributed by atoms with E-state index >= 15 is 0 Å². The lowest BCUT2D eigenvalue weighted by Crippen LogP contribution is -2.49. The zero-order valence-electron chi connectivity index (χ0n) is 16.1. The van der Waals surface area contributed by atoms with Crippen molar-refractivity contribution in [3.63, 3.8) is 0 Å². The van der Waals surface area contributed by atoms with Crippen LogP contribution in [0, 0.1) is 6.92 Å². The predicted molar refractivity (Wildman–Crippen MR) is 108 cm³/mol. The van der Waals surface area contributed by atoms with Crippen LogP contribution >= 0.6 is 0 Å². The third kappa shape index (κ3) is 5.06. The molecule has 1 aliphatic heterocycles. The first kappa shape index (κ1) is 18.9. The third-order valence-electron chi connectivity index (χ3n) is 4.78. The summed E-state index contributed by atoms with van der Waals surface area (Å²) >= 11 is 0. The van der Waals surface area contributed by atoms with Gasteiger partial charge in [-0.1, -0.05) is 12.1 Å². The molecule has 1 fully saturated rings. The normalized spacial score (nSPS) is 15.6. The fourth-order valence-electron chi connectivity index (χ4n) is 3.05. The van der Waals surface area contributed by atoms with Crippen LogP contribution in [-0.2, 0) is 13.6 Å². The van der Waals surface area contributed by atoms with E-state index in [1.165, 1.54) is 0 Å². The quantitative estimate of drug-likeness (QED) is 0.456. The second-order valence-corrected chi connectivity index (χ2v) is 6.65. The lowest BCUT2D eigenvalue weighted by Gasteiger charge is -2.33. The minimum absolute atomic E-state index is 0.377. The largest absolute Gasteiger partial charge is 0.356 e. The van der Waals surface area contributed by atoms with Crippen molar-refractivity contribution in [2.24, 2.45) is 12.0 Å². The van der Waals surface area contributed by atoms with E-state index in [4.69, 9.17) is 0 Å². The number of hydrogen-bond donors (Lipinski definition) is 2. The van der Waals surface area contributed by atoms with Crippen molar-refractivity contribution in [1.82, 2.24) is 30.4 Å². The number of piperidine rings is 1. The molecule has 3 heterocycles. The standard InChI is InChI=1S/C19H28N8/c1-4-10-21-19(22-14-18-25-24-15(2)26(18)3)23-16-8-12-27(13-9-16)17-7-5-6-11-20-17/h4-7,11,16H,1,8-10,12-14H2,2-3H3,(H2,21,22,23). The summed E-state index contributed by atoms with van der Waals surface area (Å²) in [5.74, 6) is 3.56. The van der Waals surface area contributed by atoms with Gasteiger partial charge in [0, 0.05) is 38.9 Å². The molecule has 0 saturated carbocycles. The smallest absolute Gasteiger partial charge is 0.192 e. The van der Waals surface area contributed by atoms with Gasteiger partial charge in [-0.25, -0.2) is 9.98 Å². The highest BCUT2D eigenvalue weighted by Gasteiger charge is 2.20. The van der Waals surface area contributed by atoms with E-state index < -0.39 is 0 Å². The molecule has 27 heavy (non-hydrogen) atoms. The van der Waals surface area contributed by atoms with E-state index in [1.54, 1.807) is 0 Å². The van der Waals surface area contributed by atoms with Gasteiger partial charge in [-0.2, -0.15) is 0 Å². The van der Waals surface area contributed by atoms with Crippen molar-refractivity contribution in [2.45, 2.75) is 32.4 Å². The lowest BCUT2D eigenvalue weighted by molar-refractivity contribution is 0.460. The molecule has 8 heteroatoms. The van der Waals surface area contributed by atoms with Gasteiger partial charge in [0.15, 0.2) is 11.8 Å². The van der Waals surface area contributed by atoms with E-state index in [2.05, 4.69) is 48.4 Å². The Kier molecular flexibility index (Phi) is 6.40. The van der Waals surface area contributed by atoms with Crippen LogP contribution in [0.2, 0.25) is 0 Å². The van der Waals surface area contributed by atoms with Crippen molar-refractivity contribution in [1.29, 1.82) is 0 Å². The van der Waals surface area contributed by atoms with Crippen molar-refractivity contribution < 1.29 is 0 Å². The maximum atomic E-state index is 4.67. The zero-order valence-corrected chi connectivity index (χ0v) is 16.1. The van der Waals surface area contributed by atoms with Crippen LogP contribution in [0.4, 0.5) is 5.82 Å². The Morgan fingerprint density at radius 1 is 1.33 bits per heavy atom. The summed E-state index contributed by atoms with van der Waals surface area (Å²) in [4.78, 5) is 11.4. The number of anilines is 1. The Hall–Kier alpha value is -2.90. The molecule has 144 valence electrons. The first-order chi connectivity index (χ1) is 13.2. The molecule has 0 spiro atoms. The minimum Gasteiger partial charge on any atom is -0.356 e. The van der Waals surface area contributed by atoms with E-state index in [0.717, 1.165) is 49.4 Å². The Balaban J connectivity index is 1.57. The Bertz CT molecular complexity index is 759. The lowest BCUT2D eigenvalue weighted by atomic mass is 10.1. The summed E-state index contributed by atoms with van der Waals surface area (Å²) in [6, 6.07) is 6.42. The molecule has 0 atom stereocenters. The van der Waals surface area contributed by atoms with Gasteiger partial charge >= 0.3 is 0 Å². The number of aryl methyl sites for hydroxylation is 1. The Morgan fingerprint density at radius 2 is 2.15 bits per heavy atom. The molecule has 0 amide bonds. The van der Waals surface area contributed by atoms with Gasteiger partial charge in [0.25, 0.3) is 0 Å². The second-order valence-electron chi connectivity index (χ2n) is 6.65. The predicted octanol–water partition coefficient (Wildman–Crippen LogP) is 1.41. The van der Waals surface area contributed by atoms with Crippen LogP contribution < -0.4 is 15.5 Å². The van der Waals surface area contributed by atoms with Crippen molar-refractivity contribution in [3.05, 3.63) is 48.7 Å². The maximum Gasteiger partial charge on any atom is 0.192 e. The van der Waals surface area contributed by atoms with E-state index in [0.29, 0.717) is 19.1 Å². The number of aliphatic imine (C=N–C) groups is 1. The van der Waals surface area contributed by atoms with Crippen LogP contribution in [0.1, 0.15) is 24.5 Å². The van der Waals surface area contributed by atoms with Crippen molar-refractivity contribution >= 4 is 11.8 Å². The van der Waals surface area contributed by atoms with Gasteiger partial charge in [-0.15, -0.1) is 16.8 Å². The molecule has 1 aliphatic rings. The Labute approximate surface area is 160 Å². The number of hydrogen-bond acceptors (Lipinski definition) is 5. The second kappa shape index (κ2) is 9.16. The topological polar surface area (TPSA) is 83.3 Å². The Morgan fingerprint density at radius 3 is 2.78 bits per heavy atom. The number of rotatable bonds is 6. The van der Waals surface area contributed by atoms with Crippen LogP contribution in [-0.4, -0.2) is 51.4 Å². The van der Waals surface area contributed by atoms with Gasteiger partial charge in [0.1, 0.15) is 18.2 Å². The molecule has 0 aliphatic carbocycles. The van der Waals surface area contributed by atoms with Crippen molar-refractivity contribution in [2.75, 3.05) is 24.5 Å². The summed E-state index contributed by atoms with van der Waals surface area (Å²) < 4.78 is 1.96. The maximum absolute atomic E-state index is 4.67. The summed E-state index contributed by atoms with van der Waals surface area (Å²) in [5.41, 5.74) is 0. The third-order valence-corrected chi connectivity index (χ3v) is 4.78. The molecule has 0 bridgehead atoms. The SMILES string of the molecule is C=CCNC(=NCc1nnc(C)n1C)NC1CCN(c2ccccn2)CC1. The number of aromatic nitrogens is 4. The average Bonchev–Trinajstić information content (AvgIpc) is 3.03. The van der Waals surface area contributed by atoms with Gasteiger partial charge in [-0.3, -0.25) is 0 Å². The highest BCUT2D eigenvalue weighted by Crippen LogP contribution is 2.17.